The van der Waals surface area contributed by atoms with Gasteiger partial charge in [-0.1, -0.05) is 13.3 Å². The van der Waals surface area contributed by atoms with E-state index in [1.807, 2.05) is 0 Å². The molecule has 0 unspecified atom stereocenters. The number of methoxy groups -OCH3 is 2. The maximum Gasteiger partial charge on any atom is 0.311 e. The molecule has 0 aromatic rings. The van der Waals surface area contributed by atoms with Crippen molar-refractivity contribution in [1.29, 1.82) is 0 Å². The Bertz CT molecular complexity index is 614. The van der Waals surface area contributed by atoms with Crippen LogP contribution in [0.2, 0.25) is 0 Å². The van der Waals surface area contributed by atoms with Crippen molar-refractivity contribution >= 4 is 17.7 Å². The van der Waals surface area contributed by atoms with Crippen molar-refractivity contribution in [2.24, 2.45) is 28.1 Å². The van der Waals surface area contributed by atoms with Crippen LogP contribution >= 0.6 is 0 Å². The van der Waals surface area contributed by atoms with Crippen molar-refractivity contribution in [2.75, 3.05) is 14.2 Å². The van der Waals surface area contributed by atoms with Gasteiger partial charge < -0.3 is 9.47 Å². The molecule has 0 amide bonds. The fraction of sp³-hybridized carbons (Fsp3) is 0.857. The van der Waals surface area contributed by atoms with Gasteiger partial charge in [0.15, 0.2) is 0 Å². The van der Waals surface area contributed by atoms with Crippen molar-refractivity contribution < 1.29 is 23.9 Å². The highest BCUT2D eigenvalue weighted by atomic mass is 16.5. The molecular weight excluding hydrogens is 332 g/mol. The smallest absolute Gasteiger partial charge is 0.311 e. The van der Waals surface area contributed by atoms with E-state index in [-0.39, 0.29) is 40.4 Å². The average Bonchev–Trinajstić information content (AvgIpc) is 2.59. The zero-order valence-electron chi connectivity index (χ0n) is 16.6. The molecule has 3 saturated carbocycles. The average molecular weight is 364 g/mol. The summed E-state index contributed by atoms with van der Waals surface area (Å²) < 4.78 is 10.2. The second-order valence-corrected chi connectivity index (χ2v) is 9.28. The van der Waals surface area contributed by atoms with Gasteiger partial charge in [0, 0.05) is 12.8 Å². The van der Waals surface area contributed by atoms with Gasteiger partial charge in [0.1, 0.15) is 5.78 Å². The zero-order chi connectivity index (χ0) is 19.2. The number of ether oxygens (including phenoxy) is 2. The topological polar surface area (TPSA) is 69.7 Å². The third-order valence-corrected chi connectivity index (χ3v) is 8.08. The number of carbonyl (C=O) groups excluding carboxylic acids is 3. The predicted molar refractivity (Wildman–Crippen MR) is 96.2 cm³/mol. The van der Waals surface area contributed by atoms with E-state index >= 15 is 0 Å². The van der Waals surface area contributed by atoms with Gasteiger partial charge in [0.25, 0.3) is 0 Å². The highest BCUT2D eigenvalue weighted by Gasteiger charge is 2.64. The Balaban J connectivity index is 2.00. The van der Waals surface area contributed by atoms with Gasteiger partial charge in [-0.3, -0.25) is 14.4 Å². The van der Waals surface area contributed by atoms with Gasteiger partial charge in [-0.25, -0.2) is 0 Å². The van der Waals surface area contributed by atoms with E-state index < -0.39 is 5.41 Å². The Kier molecular flexibility index (Phi) is 4.95. The molecule has 3 aliphatic rings. The monoisotopic (exact) mass is 364 g/mol. The first-order chi connectivity index (χ1) is 12.2. The molecule has 0 aromatic carbocycles. The largest absolute Gasteiger partial charge is 0.469 e. The summed E-state index contributed by atoms with van der Waals surface area (Å²) in [5, 5.41) is 0. The molecule has 0 N–H and O–H groups in total. The Morgan fingerprint density at radius 2 is 1.77 bits per heavy atom. The van der Waals surface area contributed by atoms with Crippen LogP contribution in [-0.4, -0.2) is 31.9 Å². The van der Waals surface area contributed by atoms with Crippen molar-refractivity contribution in [2.45, 2.75) is 71.6 Å². The lowest BCUT2D eigenvalue weighted by atomic mass is 9.40. The molecule has 0 aliphatic heterocycles. The molecule has 0 bridgehead atoms. The van der Waals surface area contributed by atoms with Crippen LogP contribution in [0.3, 0.4) is 0 Å². The third-order valence-electron chi connectivity index (χ3n) is 8.08. The quantitative estimate of drug-likeness (QED) is 0.715. The maximum absolute atomic E-state index is 12.7. The second-order valence-electron chi connectivity index (χ2n) is 9.28. The molecule has 5 nitrogen and oxygen atoms in total. The SMILES string of the molecule is COC(=O)C[C@@]12CC[C@@H]3[C@](C)(CCC[C@@]3(C)C(=O)OC)[C@H]1CCC(=O)C2. The molecule has 26 heavy (non-hydrogen) atoms. The molecule has 0 aromatic heterocycles. The van der Waals surface area contributed by atoms with Gasteiger partial charge in [-0.15, -0.1) is 0 Å². The van der Waals surface area contributed by atoms with Gasteiger partial charge in [-0.2, -0.15) is 0 Å². The number of carbonyl (C=O) groups is 3. The standard InChI is InChI=1S/C21H32O5/c1-19-9-5-10-20(2,18(24)26-4)15(19)8-11-21(13-17(23)25-3)12-14(22)6-7-16(19)21/h15-16H,5-13H2,1-4H3/t15-,16-,19+,20-,21+/m1/s1. The minimum Gasteiger partial charge on any atom is -0.469 e. The highest BCUT2D eigenvalue weighted by Crippen LogP contribution is 2.68. The summed E-state index contributed by atoms with van der Waals surface area (Å²) in [7, 11) is 2.89. The highest BCUT2D eigenvalue weighted by molar-refractivity contribution is 5.82. The number of fused-ring (bicyclic) bond motifs is 3. The third kappa shape index (κ3) is 2.78. The lowest BCUT2D eigenvalue weighted by Crippen LogP contribution is -2.60. The van der Waals surface area contributed by atoms with Crippen LogP contribution in [0.1, 0.15) is 71.6 Å². The molecule has 3 rings (SSSR count). The fourth-order valence-corrected chi connectivity index (χ4v) is 7.03. The van der Waals surface area contributed by atoms with E-state index in [1.165, 1.54) is 14.2 Å². The van der Waals surface area contributed by atoms with Crippen LogP contribution < -0.4 is 0 Å². The van der Waals surface area contributed by atoms with Crippen LogP contribution in [0.25, 0.3) is 0 Å². The number of esters is 2. The van der Waals surface area contributed by atoms with Crippen molar-refractivity contribution in [3.63, 3.8) is 0 Å². The van der Waals surface area contributed by atoms with Crippen molar-refractivity contribution in [3.8, 4) is 0 Å². The van der Waals surface area contributed by atoms with Gasteiger partial charge >= 0.3 is 11.9 Å². The molecule has 146 valence electrons. The van der Waals surface area contributed by atoms with E-state index in [0.29, 0.717) is 19.3 Å². The molecular formula is C21H32O5. The van der Waals surface area contributed by atoms with E-state index in [9.17, 15) is 14.4 Å². The molecule has 0 heterocycles. The summed E-state index contributed by atoms with van der Waals surface area (Å²) in [6.07, 6.45) is 6.76. The number of hydrogen-bond donors (Lipinski definition) is 0. The van der Waals surface area contributed by atoms with Gasteiger partial charge in [-0.05, 0) is 61.7 Å². The summed E-state index contributed by atoms with van der Waals surface area (Å²) in [6, 6.07) is 0. The summed E-state index contributed by atoms with van der Waals surface area (Å²) in [5.41, 5.74) is -0.823. The number of rotatable bonds is 3. The Labute approximate surface area is 156 Å². The summed E-state index contributed by atoms with van der Waals surface area (Å²) >= 11 is 0. The van der Waals surface area contributed by atoms with E-state index in [0.717, 1.165) is 38.5 Å². The number of ketones is 1. The van der Waals surface area contributed by atoms with E-state index in [2.05, 4.69) is 13.8 Å². The summed E-state index contributed by atoms with van der Waals surface area (Å²) in [6.45, 7) is 4.35. The van der Waals surface area contributed by atoms with Gasteiger partial charge in [0.05, 0.1) is 26.1 Å². The molecule has 0 saturated heterocycles. The molecule has 3 aliphatic carbocycles. The summed E-state index contributed by atoms with van der Waals surface area (Å²) in [4.78, 5) is 37.1. The van der Waals surface area contributed by atoms with Crippen LogP contribution in [0.5, 0.6) is 0 Å². The summed E-state index contributed by atoms with van der Waals surface area (Å²) in [5.74, 6) is 0.438. The molecule has 0 radical (unpaired) electrons. The zero-order valence-corrected chi connectivity index (χ0v) is 16.6. The molecule has 0 spiro atoms. The Morgan fingerprint density at radius 3 is 2.42 bits per heavy atom. The first-order valence-corrected chi connectivity index (χ1v) is 9.89. The lowest BCUT2D eigenvalue weighted by Gasteiger charge is -2.63. The fourth-order valence-electron chi connectivity index (χ4n) is 7.03. The van der Waals surface area contributed by atoms with Crippen molar-refractivity contribution in [1.82, 2.24) is 0 Å². The van der Waals surface area contributed by atoms with Crippen LogP contribution in [0.4, 0.5) is 0 Å². The normalized spacial score (nSPS) is 42.4. The maximum atomic E-state index is 12.7. The number of Topliss-reactive ketones (excluding diaryl/α,β-unsaturated/α-hetero) is 1. The van der Waals surface area contributed by atoms with Gasteiger partial charge in [0.2, 0.25) is 0 Å². The second kappa shape index (κ2) is 6.65. The Morgan fingerprint density at radius 1 is 1.04 bits per heavy atom. The van der Waals surface area contributed by atoms with Crippen LogP contribution in [0, 0.1) is 28.1 Å². The lowest BCUT2D eigenvalue weighted by molar-refractivity contribution is -0.190. The van der Waals surface area contributed by atoms with E-state index in [1.54, 1.807) is 0 Å². The first-order valence-electron chi connectivity index (χ1n) is 9.89. The molecule has 5 atom stereocenters. The van der Waals surface area contributed by atoms with Crippen LogP contribution in [0.15, 0.2) is 0 Å². The number of hydrogen-bond acceptors (Lipinski definition) is 5. The van der Waals surface area contributed by atoms with Crippen LogP contribution in [-0.2, 0) is 23.9 Å². The minimum absolute atomic E-state index is 0.0475. The van der Waals surface area contributed by atoms with E-state index in [4.69, 9.17) is 9.47 Å². The predicted octanol–water partition coefficient (Wildman–Crippen LogP) is 3.68. The molecule has 5 heteroatoms. The minimum atomic E-state index is -0.472. The Hall–Kier alpha value is -1.39. The van der Waals surface area contributed by atoms with Crippen molar-refractivity contribution in [3.05, 3.63) is 0 Å². The first kappa shape index (κ1) is 19.4. The molecule has 3 fully saturated rings.